The molecule has 0 fully saturated rings. The molecule has 0 heterocycles. The van der Waals surface area contributed by atoms with Crippen LogP contribution in [-0.4, -0.2) is 29.5 Å². The molecule has 92 valence electrons. The van der Waals surface area contributed by atoms with Gasteiger partial charge in [0.2, 0.25) is 0 Å². The first-order valence-corrected chi connectivity index (χ1v) is 5.79. The summed E-state index contributed by atoms with van der Waals surface area (Å²) in [4.78, 5) is 13.6. The zero-order valence-corrected chi connectivity index (χ0v) is 10.6. The Morgan fingerprint density at radius 2 is 2.29 bits per heavy atom. The van der Waals surface area contributed by atoms with Crippen molar-refractivity contribution in [3.8, 4) is 5.75 Å². The van der Waals surface area contributed by atoms with Crippen molar-refractivity contribution in [3.05, 3.63) is 41.4 Å². The highest BCUT2D eigenvalue weighted by atomic mass is 35.5. The summed E-state index contributed by atoms with van der Waals surface area (Å²) in [5.41, 5.74) is 0.235. The molecule has 1 aromatic carbocycles. The molecule has 1 aromatic rings. The van der Waals surface area contributed by atoms with Gasteiger partial charge in [-0.3, -0.25) is 4.79 Å². The minimum absolute atomic E-state index is 0.0463. The second-order valence-electron chi connectivity index (χ2n) is 3.82. The molecule has 0 saturated heterocycles. The van der Waals surface area contributed by atoms with Gasteiger partial charge in [0.05, 0.1) is 5.56 Å². The van der Waals surface area contributed by atoms with Crippen molar-refractivity contribution in [2.75, 3.05) is 13.6 Å². The van der Waals surface area contributed by atoms with Crippen LogP contribution in [0.15, 0.2) is 30.9 Å². The van der Waals surface area contributed by atoms with Crippen LogP contribution < -0.4 is 0 Å². The summed E-state index contributed by atoms with van der Waals surface area (Å²) in [5, 5.41) is 10.0. The Bertz CT molecular complexity index is 418. The van der Waals surface area contributed by atoms with Gasteiger partial charge in [0.15, 0.2) is 0 Å². The average Bonchev–Trinajstić information content (AvgIpc) is 2.31. The smallest absolute Gasteiger partial charge is 0.257 e. The van der Waals surface area contributed by atoms with Crippen LogP contribution in [0.2, 0.25) is 5.02 Å². The molecule has 0 aliphatic heterocycles. The fourth-order valence-electron chi connectivity index (χ4n) is 1.46. The molecule has 4 heteroatoms. The van der Waals surface area contributed by atoms with Gasteiger partial charge >= 0.3 is 0 Å². The van der Waals surface area contributed by atoms with Gasteiger partial charge < -0.3 is 10.0 Å². The van der Waals surface area contributed by atoms with E-state index in [2.05, 4.69) is 6.58 Å². The first-order valence-electron chi connectivity index (χ1n) is 5.41. The summed E-state index contributed by atoms with van der Waals surface area (Å²) >= 11 is 5.80. The molecule has 1 rings (SSSR count). The molecule has 0 bridgehead atoms. The monoisotopic (exact) mass is 253 g/mol. The maximum Gasteiger partial charge on any atom is 0.257 e. The Labute approximate surface area is 106 Å². The standard InChI is InChI=1S/C13H16ClNO2/c1-3-4-5-8-15(2)13(17)11-9-10(14)6-7-12(11)16/h3,6-7,9,16H,1,4-5,8H2,2H3. The van der Waals surface area contributed by atoms with Crippen LogP contribution in [0.5, 0.6) is 5.75 Å². The zero-order valence-electron chi connectivity index (χ0n) is 9.82. The Kier molecular flexibility index (Phi) is 5.04. The fraction of sp³-hybridized carbons (Fsp3) is 0.308. The van der Waals surface area contributed by atoms with Crippen molar-refractivity contribution in [2.45, 2.75) is 12.8 Å². The van der Waals surface area contributed by atoms with Gasteiger partial charge in [-0.15, -0.1) is 6.58 Å². The van der Waals surface area contributed by atoms with Crippen molar-refractivity contribution in [2.24, 2.45) is 0 Å². The number of carbonyl (C=O) groups is 1. The number of amides is 1. The van der Waals surface area contributed by atoms with Gasteiger partial charge in [0.25, 0.3) is 5.91 Å². The van der Waals surface area contributed by atoms with Crippen LogP contribution in [0.4, 0.5) is 0 Å². The molecule has 0 saturated carbocycles. The summed E-state index contributed by atoms with van der Waals surface area (Å²) in [6.45, 7) is 4.25. The lowest BCUT2D eigenvalue weighted by Crippen LogP contribution is -2.27. The molecular weight excluding hydrogens is 238 g/mol. The topological polar surface area (TPSA) is 40.5 Å². The van der Waals surface area contributed by atoms with Crippen molar-refractivity contribution < 1.29 is 9.90 Å². The zero-order chi connectivity index (χ0) is 12.8. The summed E-state index contributed by atoms with van der Waals surface area (Å²) in [5.74, 6) is -0.274. The number of unbranched alkanes of at least 4 members (excludes halogenated alkanes) is 1. The number of hydrogen-bond acceptors (Lipinski definition) is 2. The van der Waals surface area contributed by atoms with E-state index in [-0.39, 0.29) is 17.2 Å². The van der Waals surface area contributed by atoms with Crippen LogP contribution in [0, 0.1) is 0 Å². The SMILES string of the molecule is C=CCCCN(C)C(=O)c1cc(Cl)ccc1O. The van der Waals surface area contributed by atoms with E-state index < -0.39 is 0 Å². The first-order chi connectivity index (χ1) is 8.06. The second-order valence-corrected chi connectivity index (χ2v) is 4.26. The van der Waals surface area contributed by atoms with E-state index >= 15 is 0 Å². The number of allylic oxidation sites excluding steroid dienone is 1. The highest BCUT2D eigenvalue weighted by Gasteiger charge is 2.15. The summed E-state index contributed by atoms with van der Waals surface area (Å²) in [7, 11) is 1.70. The third-order valence-corrected chi connectivity index (χ3v) is 2.67. The largest absolute Gasteiger partial charge is 0.507 e. The minimum Gasteiger partial charge on any atom is -0.507 e. The molecule has 1 N–H and O–H groups in total. The quantitative estimate of drug-likeness (QED) is 0.647. The molecule has 0 aliphatic rings. The summed E-state index contributed by atoms with van der Waals surface area (Å²) in [6.07, 6.45) is 3.53. The molecule has 0 spiro atoms. The number of carbonyl (C=O) groups excluding carboxylic acids is 1. The fourth-order valence-corrected chi connectivity index (χ4v) is 1.63. The summed E-state index contributed by atoms with van der Waals surface area (Å²) < 4.78 is 0. The van der Waals surface area contributed by atoms with Crippen molar-refractivity contribution >= 4 is 17.5 Å². The van der Waals surface area contributed by atoms with E-state index in [9.17, 15) is 9.90 Å². The van der Waals surface area contributed by atoms with E-state index in [1.165, 1.54) is 12.1 Å². The molecule has 0 aliphatic carbocycles. The van der Waals surface area contributed by atoms with Crippen LogP contribution in [0.3, 0.4) is 0 Å². The van der Waals surface area contributed by atoms with Crippen molar-refractivity contribution in [3.63, 3.8) is 0 Å². The van der Waals surface area contributed by atoms with Gasteiger partial charge in [0, 0.05) is 18.6 Å². The van der Waals surface area contributed by atoms with E-state index in [1.807, 2.05) is 6.08 Å². The van der Waals surface area contributed by atoms with Crippen molar-refractivity contribution in [1.82, 2.24) is 4.90 Å². The Hall–Kier alpha value is -1.48. The lowest BCUT2D eigenvalue weighted by atomic mass is 10.1. The number of aromatic hydroxyl groups is 1. The number of phenolic OH excluding ortho intramolecular Hbond substituents is 1. The van der Waals surface area contributed by atoms with Gasteiger partial charge in [-0.1, -0.05) is 17.7 Å². The van der Waals surface area contributed by atoms with Crippen LogP contribution >= 0.6 is 11.6 Å². The van der Waals surface area contributed by atoms with Crippen molar-refractivity contribution in [1.29, 1.82) is 0 Å². The highest BCUT2D eigenvalue weighted by molar-refractivity contribution is 6.31. The number of hydrogen-bond donors (Lipinski definition) is 1. The Morgan fingerprint density at radius 1 is 1.59 bits per heavy atom. The van der Waals surface area contributed by atoms with Gasteiger partial charge in [-0.25, -0.2) is 0 Å². The predicted molar refractivity (Wildman–Crippen MR) is 69.5 cm³/mol. The van der Waals surface area contributed by atoms with E-state index in [4.69, 9.17) is 11.6 Å². The average molecular weight is 254 g/mol. The number of phenols is 1. The third-order valence-electron chi connectivity index (χ3n) is 2.44. The number of halogens is 1. The molecule has 0 unspecified atom stereocenters. The maximum atomic E-state index is 12.0. The van der Waals surface area contributed by atoms with Crippen LogP contribution in [0.25, 0.3) is 0 Å². The molecule has 0 aromatic heterocycles. The molecule has 3 nitrogen and oxygen atoms in total. The predicted octanol–water partition coefficient (Wildman–Crippen LogP) is 3.08. The van der Waals surface area contributed by atoms with E-state index in [0.29, 0.717) is 11.6 Å². The first kappa shape index (κ1) is 13.6. The lowest BCUT2D eigenvalue weighted by Gasteiger charge is -2.17. The van der Waals surface area contributed by atoms with E-state index in [0.717, 1.165) is 12.8 Å². The van der Waals surface area contributed by atoms with Gasteiger partial charge in [0.1, 0.15) is 5.75 Å². The number of benzene rings is 1. The minimum atomic E-state index is -0.228. The van der Waals surface area contributed by atoms with Crippen LogP contribution in [0.1, 0.15) is 23.2 Å². The maximum absolute atomic E-state index is 12.0. The van der Waals surface area contributed by atoms with Gasteiger partial charge in [-0.05, 0) is 31.0 Å². The summed E-state index contributed by atoms with van der Waals surface area (Å²) in [6, 6.07) is 4.45. The Balaban J connectivity index is 2.74. The highest BCUT2D eigenvalue weighted by Crippen LogP contribution is 2.22. The number of nitrogens with zero attached hydrogens (tertiary/aromatic N) is 1. The number of rotatable bonds is 5. The third kappa shape index (κ3) is 3.79. The van der Waals surface area contributed by atoms with Gasteiger partial charge in [-0.2, -0.15) is 0 Å². The van der Waals surface area contributed by atoms with E-state index in [1.54, 1.807) is 18.0 Å². The second kappa shape index (κ2) is 6.30. The lowest BCUT2D eigenvalue weighted by molar-refractivity contribution is 0.0791. The molecule has 0 atom stereocenters. The molecule has 0 radical (unpaired) electrons. The molecule has 17 heavy (non-hydrogen) atoms. The normalized spacial score (nSPS) is 10.0. The Morgan fingerprint density at radius 3 is 2.94 bits per heavy atom. The molecule has 1 amide bonds. The van der Waals surface area contributed by atoms with Crippen LogP contribution in [-0.2, 0) is 0 Å². The molecular formula is C13H16ClNO2.